The van der Waals surface area contributed by atoms with Gasteiger partial charge in [0.15, 0.2) is 0 Å². The minimum atomic E-state index is -0.757. The first-order valence-electron chi connectivity index (χ1n) is 6.27. The second kappa shape index (κ2) is 4.67. The van der Waals surface area contributed by atoms with Crippen molar-refractivity contribution in [3.63, 3.8) is 0 Å². The third kappa shape index (κ3) is 2.59. The number of carbonyl (C=O) groups excluding carboxylic acids is 1. The number of esters is 1. The van der Waals surface area contributed by atoms with Crippen molar-refractivity contribution >= 4 is 17.3 Å². The molecular weight excluding hydrogens is 248 g/mol. The second-order valence-electron chi connectivity index (χ2n) is 5.85. The van der Waals surface area contributed by atoms with Gasteiger partial charge >= 0.3 is 5.97 Å². The smallest absolute Gasteiger partial charge is 0.348 e. The van der Waals surface area contributed by atoms with E-state index in [9.17, 15) is 9.90 Å². The molecule has 0 unspecified atom stereocenters. The largest absolute Gasteiger partial charge is 0.465 e. The van der Waals surface area contributed by atoms with Crippen molar-refractivity contribution in [1.82, 2.24) is 0 Å². The molecule has 0 saturated heterocycles. The summed E-state index contributed by atoms with van der Waals surface area (Å²) >= 11 is 1.35. The van der Waals surface area contributed by atoms with Gasteiger partial charge in [-0.3, -0.25) is 0 Å². The van der Waals surface area contributed by atoms with Gasteiger partial charge in [0, 0.05) is 4.88 Å². The highest BCUT2D eigenvalue weighted by Crippen LogP contribution is 2.46. The van der Waals surface area contributed by atoms with Gasteiger partial charge in [-0.2, -0.15) is 0 Å². The molecule has 3 nitrogen and oxygen atoms in total. The predicted octanol–water partition coefficient (Wildman–Crippen LogP) is 3.32. The van der Waals surface area contributed by atoms with E-state index in [0.717, 1.165) is 30.6 Å². The Balaban J connectivity index is 2.16. The molecule has 1 saturated carbocycles. The molecule has 2 rings (SSSR count). The highest BCUT2D eigenvalue weighted by Gasteiger charge is 2.39. The van der Waals surface area contributed by atoms with Gasteiger partial charge in [-0.15, -0.1) is 11.3 Å². The standard InChI is InChI=1S/C14H20O3S/c1-13(2)6-8-14(16,9-7-13)11-5-4-10(18-11)12(15)17-3/h4-5,16H,6-9H2,1-3H3. The lowest BCUT2D eigenvalue weighted by Crippen LogP contribution is -2.33. The van der Waals surface area contributed by atoms with E-state index in [1.54, 1.807) is 6.07 Å². The number of rotatable bonds is 2. The van der Waals surface area contributed by atoms with Gasteiger partial charge in [-0.25, -0.2) is 4.79 Å². The molecule has 0 spiro atoms. The summed E-state index contributed by atoms with van der Waals surface area (Å²) in [6.07, 6.45) is 3.55. The van der Waals surface area contributed by atoms with Crippen molar-refractivity contribution in [3.05, 3.63) is 21.9 Å². The second-order valence-corrected chi connectivity index (χ2v) is 6.94. The van der Waals surface area contributed by atoms with E-state index in [-0.39, 0.29) is 5.97 Å². The van der Waals surface area contributed by atoms with Crippen LogP contribution < -0.4 is 0 Å². The number of hydrogen-bond donors (Lipinski definition) is 1. The van der Waals surface area contributed by atoms with Gasteiger partial charge < -0.3 is 9.84 Å². The van der Waals surface area contributed by atoms with Crippen LogP contribution in [0.25, 0.3) is 0 Å². The Morgan fingerprint density at radius 3 is 2.44 bits per heavy atom. The van der Waals surface area contributed by atoms with Gasteiger partial charge in [0.1, 0.15) is 4.88 Å². The lowest BCUT2D eigenvalue weighted by molar-refractivity contribution is -0.0276. The molecule has 0 atom stereocenters. The summed E-state index contributed by atoms with van der Waals surface area (Å²) < 4.78 is 4.69. The minimum Gasteiger partial charge on any atom is -0.465 e. The summed E-state index contributed by atoms with van der Waals surface area (Å²) in [5.41, 5.74) is -0.443. The van der Waals surface area contributed by atoms with Crippen molar-refractivity contribution < 1.29 is 14.6 Å². The quantitative estimate of drug-likeness (QED) is 0.837. The lowest BCUT2D eigenvalue weighted by Gasteiger charge is -2.39. The monoisotopic (exact) mass is 268 g/mol. The summed E-state index contributed by atoms with van der Waals surface area (Å²) in [5.74, 6) is -0.328. The number of carbonyl (C=O) groups is 1. The molecule has 18 heavy (non-hydrogen) atoms. The molecule has 0 bridgehead atoms. The summed E-state index contributed by atoms with van der Waals surface area (Å²) in [5, 5.41) is 10.7. The van der Waals surface area contributed by atoms with Crippen LogP contribution in [0.2, 0.25) is 0 Å². The third-order valence-corrected chi connectivity index (χ3v) is 5.14. The summed E-state index contributed by atoms with van der Waals surface area (Å²) in [6, 6.07) is 3.60. The minimum absolute atomic E-state index is 0.314. The Morgan fingerprint density at radius 2 is 1.89 bits per heavy atom. The Morgan fingerprint density at radius 1 is 1.28 bits per heavy atom. The van der Waals surface area contributed by atoms with Crippen molar-refractivity contribution in [2.75, 3.05) is 7.11 Å². The maximum Gasteiger partial charge on any atom is 0.348 e. The first-order chi connectivity index (χ1) is 8.36. The molecule has 1 aliphatic carbocycles. The number of ether oxygens (including phenoxy) is 1. The zero-order valence-electron chi connectivity index (χ0n) is 11.2. The number of thiophene rings is 1. The molecule has 100 valence electrons. The number of hydrogen-bond acceptors (Lipinski definition) is 4. The van der Waals surface area contributed by atoms with E-state index >= 15 is 0 Å². The lowest BCUT2D eigenvalue weighted by atomic mass is 9.70. The van der Waals surface area contributed by atoms with Crippen LogP contribution in [0.15, 0.2) is 12.1 Å². The molecule has 1 aromatic heterocycles. The topological polar surface area (TPSA) is 46.5 Å². The Kier molecular flexibility index (Phi) is 3.52. The van der Waals surface area contributed by atoms with E-state index in [2.05, 4.69) is 13.8 Å². The van der Waals surface area contributed by atoms with Gasteiger partial charge in [0.05, 0.1) is 12.7 Å². The van der Waals surface area contributed by atoms with Crippen LogP contribution in [-0.2, 0) is 10.3 Å². The van der Waals surface area contributed by atoms with Crippen molar-refractivity contribution in [2.24, 2.45) is 5.41 Å². The maximum atomic E-state index is 11.4. The fourth-order valence-corrected chi connectivity index (χ4v) is 3.45. The van der Waals surface area contributed by atoms with Crippen molar-refractivity contribution in [1.29, 1.82) is 0 Å². The van der Waals surface area contributed by atoms with Crippen molar-refractivity contribution in [3.8, 4) is 0 Å². The molecule has 0 radical (unpaired) electrons. The van der Waals surface area contributed by atoms with E-state index in [1.807, 2.05) is 6.07 Å². The van der Waals surface area contributed by atoms with E-state index < -0.39 is 5.60 Å². The Hall–Kier alpha value is -0.870. The number of methoxy groups -OCH3 is 1. The average Bonchev–Trinajstić information content (AvgIpc) is 2.82. The van der Waals surface area contributed by atoms with E-state index in [4.69, 9.17) is 4.74 Å². The summed E-state index contributed by atoms with van der Waals surface area (Å²) in [6.45, 7) is 4.47. The Labute approximate surface area is 112 Å². The molecule has 4 heteroatoms. The summed E-state index contributed by atoms with van der Waals surface area (Å²) in [4.78, 5) is 12.9. The molecule has 1 N–H and O–H groups in total. The van der Waals surface area contributed by atoms with E-state index in [1.165, 1.54) is 18.4 Å². The first kappa shape index (κ1) is 13.6. The van der Waals surface area contributed by atoms with Crippen LogP contribution in [0.3, 0.4) is 0 Å². The SMILES string of the molecule is COC(=O)c1ccc(C2(O)CCC(C)(C)CC2)s1. The van der Waals surface area contributed by atoms with Crippen LogP contribution in [-0.4, -0.2) is 18.2 Å². The van der Waals surface area contributed by atoms with Gasteiger partial charge in [-0.05, 0) is 43.2 Å². The van der Waals surface area contributed by atoms with Crippen LogP contribution >= 0.6 is 11.3 Å². The zero-order chi connectivity index (χ0) is 13.4. The molecule has 0 amide bonds. The molecule has 1 fully saturated rings. The van der Waals surface area contributed by atoms with Crippen LogP contribution in [0.5, 0.6) is 0 Å². The molecular formula is C14H20O3S. The fourth-order valence-electron chi connectivity index (χ4n) is 2.39. The normalized spacial score (nSPS) is 21.6. The Bertz CT molecular complexity index is 438. The van der Waals surface area contributed by atoms with Crippen molar-refractivity contribution in [2.45, 2.75) is 45.1 Å². The fraction of sp³-hybridized carbons (Fsp3) is 0.643. The average molecular weight is 268 g/mol. The highest BCUT2D eigenvalue weighted by molar-refractivity contribution is 7.14. The van der Waals surface area contributed by atoms with Gasteiger partial charge in [0.2, 0.25) is 0 Å². The molecule has 0 aliphatic heterocycles. The predicted molar refractivity (Wildman–Crippen MR) is 71.8 cm³/mol. The highest BCUT2D eigenvalue weighted by atomic mass is 32.1. The molecule has 1 aromatic rings. The first-order valence-corrected chi connectivity index (χ1v) is 7.09. The van der Waals surface area contributed by atoms with Crippen LogP contribution in [0, 0.1) is 5.41 Å². The zero-order valence-corrected chi connectivity index (χ0v) is 12.0. The van der Waals surface area contributed by atoms with Crippen LogP contribution in [0.1, 0.15) is 54.1 Å². The van der Waals surface area contributed by atoms with Gasteiger partial charge in [-0.1, -0.05) is 13.8 Å². The van der Waals surface area contributed by atoms with Gasteiger partial charge in [0.25, 0.3) is 0 Å². The molecule has 1 aliphatic rings. The van der Waals surface area contributed by atoms with Crippen LogP contribution in [0.4, 0.5) is 0 Å². The molecule has 1 heterocycles. The maximum absolute atomic E-state index is 11.4. The third-order valence-electron chi connectivity index (χ3n) is 3.88. The summed E-state index contributed by atoms with van der Waals surface area (Å²) in [7, 11) is 1.37. The van der Waals surface area contributed by atoms with E-state index in [0.29, 0.717) is 10.3 Å². The number of aliphatic hydroxyl groups is 1. The molecule has 0 aromatic carbocycles.